The van der Waals surface area contributed by atoms with Crippen molar-refractivity contribution in [3.05, 3.63) is 81.7 Å². The van der Waals surface area contributed by atoms with Crippen LogP contribution < -0.4 is 0 Å². The number of para-hydroxylation sites is 1. The maximum absolute atomic E-state index is 11.1. The second kappa shape index (κ2) is 7.71. The fourth-order valence-electron chi connectivity index (χ4n) is 2.31. The van der Waals surface area contributed by atoms with E-state index in [1.807, 2.05) is 36.6 Å². The number of hydrogen-bond donors (Lipinski definition) is 0. The Balaban J connectivity index is 1.94. The van der Waals surface area contributed by atoms with Gasteiger partial charge in [0.25, 0.3) is 5.69 Å². The molecule has 0 spiro atoms. The van der Waals surface area contributed by atoms with Crippen molar-refractivity contribution in [1.82, 2.24) is 14.9 Å². The molecule has 126 valence electrons. The lowest BCUT2D eigenvalue weighted by molar-refractivity contribution is -0.385. The Hall–Kier alpha value is -3.00. The second-order valence-electron chi connectivity index (χ2n) is 5.14. The van der Waals surface area contributed by atoms with Crippen LogP contribution in [0.4, 0.5) is 5.69 Å². The molecule has 0 aliphatic rings. The second-order valence-corrected chi connectivity index (χ2v) is 5.91. The zero-order valence-corrected chi connectivity index (χ0v) is 14.3. The van der Waals surface area contributed by atoms with E-state index in [0.29, 0.717) is 23.0 Å². The van der Waals surface area contributed by atoms with Crippen molar-refractivity contribution in [2.75, 3.05) is 6.26 Å². The molecule has 0 atom stereocenters. The van der Waals surface area contributed by atoms with Gasteiger partial charge in [-0.05, 0) is 17.9 Å². The highest BCUT2D eigenvalue weighted by Gasteiger charge is 2.13. The van der Waals surface area contributed by atoms with Gasteiger partial charge in [0.15, 0.2) is 5.82 Å². The molecule has 2 aromatic carbocycles. The Bertz CT molecular complexity index is 908. The molecule has 0 N–H and O–H groups in total. The van der Waals surface area contributed by atoms with Gasteiger partial charge in [-0.25, -0.2) is 0 Å². The smallest absolute Gasteiger partial charge is 0.258 e. The van der Waals surface area contributed by atoms with E-state index in [1.165, 1.54) is 24.0 Å². The van der Waals surface area contributed by atoms with E-state index < -0.39 is 4.92 Å². The van der Waals surface area contributed by atoms with Gasteiger partial charge < -0.3 is 0 Å². The number of rotatable bonds is 6. The van der Waals surface area contributed by atoms with Gasteiger partial charge in [0.2, 0.25) is 5.16 Å². The molecule has 3 rings (SSSR count). The molecule has 0 unspecified atom stereocenters. The molecule has 0 saturated heterocycles. The molecule has 25 heavy (non-hydrogen) atoms. The molecule has 0 aliphatic carbocycles. The van der Waals surface area contributed by atoms with Crippen LogP contribution >= 0.6 is 11.8 Å². The molecular formula is C17H15N5O2S. The first kappa shape index (κ1) is 16.8. The summed E-state index contributed by atoms with van der Waals surface area (Å²) < 4.78 is 1.62. The van der Waals surface area contributed by atoms with Crippen LogP contribution in [0.3, 0.4) is 0 Å². The molecule has 1 heterocycles. The molecule has 3 aromatic rings. The van der Waals surface area contributed by atoms with Gasteiger partial charge in [0.1, 0.15) is 0 Å². The molecule has 0 amide bonds. The third kappa shape index (κ3) is 3.92. The van der Waals surface area contributed by atoms with Gasteiger partial charge in [-0.3, -0.25) is 10.1 Å². The Labute approximate surface area is 148 Å². The quantitative estimate of drug-likeness (QED) is 0.293. The lowest BCUT2D eigenvalue weighted by Gasteiger charge is -2.03. The first-order valence-corrected chi connectivity index (χ1v) is 8.71. The molecule has 1 aromatic heterocycles. The number of benzene rings is 2. The normalized spacial score (nSPS) is 11.1. The van der Waals surface area contributed by atoms with Crippen LogP contribution in [0.5, 0.6) is 0 Å². The molecule has 0 bridgehead atoms. The monoisotopic (exact) mass is 353 g/mol. The SMILES string of the molecule is CSc1nnc(Cc2ccccc2)n1/N=C\c1ccccc1[N+](=O)[O-]. The number of thioether (sulfide) groups is 1. The van der Waals surface area contributed by atoms with Gasteiger partial charge in [0, 0.05) is 12.5 Å². The maximum atomic E-state index is 11.1. The highest BCUT2D eigenvalue weighted by atomic mass is 32.2. The minimum atomic E-state index is -0.423. The summed E-state index contributed by atoms with van der Waals surface area (Å²) >= 11 is 1.41. The van der Waals surface area contributed by atoms with Crippen LogP contribution in [0, 0.1) is 10.1 Å². The van der Waals surface area contributed by atoms with Crippen LogP contribution in [0.25, 0.3) is 0 Å². The summed E-state index contributed by atoms with van der Waals surface area (Å²) in [4.78, 5) is 10.7. The summed E-state index contributed by atoms with van der Waals surface area (Å²) in [5, 5.41) is 24.5. The van der Waals surface area contributed by atoms with E-state index in [0.717, 1.165) is 5.56 Å². The Morgan fingerprint density at radius 1 is 1.16 bits per heavy atom. The Kier molecular flexibility index (Phi) is 5.20. The molecule has 0 aliphatic heterocycles. The molecule has 0 saturated carbocycles. The third-order valence-corrected chi connectivity index (χ3v) is 4.13. The fourth-order valence-corrected chi connectivity index (χ4v) is 2.76. The predicted molar refractivity (Wildman–Crippen MR) is 97.1 cm³/mol. The van der Waals surface area contributed by atoms with Crippen molar-refractivity contribution in [2.24, 2.45) is 5.10 Å². The predicted octanol–water partition coefficient (Wildman–Crippen LogP) is 3.38. The number of nitro benzene ring substituents is 1. The lowest BCUT2D eigenvalue weighted by Crippen LogP contribution is -2.02. The first-order chi connectivity index (χ1) is 12.2. The van der Waals surface area contributed by atoms with Gasteiger partial charge >= 0.3 is 0 Å². The number of nitrogens with zero attached hydrogens (tertiary/aromatic N) is 5. The standard InChI is InChI=1S/C17H15N5O2S/c1-25-17-20-19-16(11-13-7-3-2-4-8-13)21(17)18-12-14-9-5-6-10-15(14)22(23)24/h2-10,12H,11H2,1H3/b18-12-. The average Bonchev–Trinajstić information content (AvgIpc) is 3.02. The van der Waals surface area contributed by atoms with E-state index in [9.17, 15) is 10.1 Å². The minimum absolute atomic E-state index is 0.00892. The summed E-state index contributed by atoms with van der Waals surface area (Å²) in [5.74, 6) is 0.672. The molecule has 0 fully saturated rings. The highest BCUT2D eigenvalue weighted by molar-refractivity contribution is 7.98. The van der Waals surface area contributed by atoms with Gasteiger partial charge in [0.05, 0.1) is 16.7 Å². The molecular weight excluding hydrogens is 338 g/mol. The van der Waals surface area contributed by atoms with Crippen LogP contribution in [0.1, 0.15) is 17.0 Å². The third-order valence-electron chi connectivity index (χ3n) is 3.51. The molecule has 7 nitrogen and oxygen atoms in total. The largest absolute Gasteiger partial charge is 0.278 e. The van der Waals surface area contributed by atoms with E-state index in [-0.39, 0.29) is 5.69 Å². The van der Waals surface area contributed by atoms with Crippen molar-refractivity contribution in [1.29, 1.82) is 0 Å². The number of nitro groups is 1. The van der Waals surface area contributed by atoms with E-state index in [1.54, 1.807) is 22.9 Å². The topological polar surface area (TPSA) is 86.2 Å². The average molecular weight is 353 g/mol. The fraction of sp³-hybridized carbons (Fsp3) is 0.118. The Morgan fingerprint density at radius 3 is 2.60 bits per heavy atom. The van der Waals surface area contributed by atoms with Crippen molar-refractivity contribution >= 4 is 23.7 Å². The van der Waals surface area contributed by atoms with Crippen LogP contribution in [0.2, 0.25) is 0 Å². The van der Waals surface area contributed by atoms with Crippen LogP contribution in [-0.4, -0.2) is 32.3 Å². The van der Waals surface area contributed by atoms with Crippen molar-refractivity contribution in [2.45, 2.75) is 11.6 Å². The summed E-state index contributed by atoms with van der Waals surface area (Å²) in [6.45, 7) is 0. The van der Waals surface area contributed by atoms with Crippen molar-refractivity contribution in [3.63, 3.8) is 0 Å². The highest BCUT2D eigenvalue weighted by Crippen LogP contribution is 2.18. The van der Waals surface area contributed by atoms with Gasteiger partial charge in [-0.15, -0.1) is 10.2 Å². The van der Waals surface area contributed by atoms with Gasteiger partial charge in [-0.2, -0.15) is 9.78 Å². The summed E-state index contributed by atoms with van der Waals surface area (Å²) in [6.07, 6.45) is 3.92. The van der Waals surface area contributed by atoms with Crippen molar-refractivity contribution < 1.29 is 4.92 Å². The molecule has 0 radical (unpaired) electrons. The lowest BCUT2D eigenvalue weighted by atomic mass is 10.1. The maximum Gasteiger partial charge on any atom is 0.278 e. The summed E-state index contributed by atoms with van der Waals surface area (Å²) in [6, 6.07) is 16.4. The first-order valence-electron chi connectivity index (χ1n) is 7.49. The van der Waals surface area contributed by atoms with Crippen molar-refractivity contribution in [3.8, 4) is 0 Å². The van der Waals surface area contributed by atoms with E-state index in [4.69, 9.17) is 0 Å². The zero-order valence-electron chi connectivity index (χ0n) is 13.4. The van der Waals surface area contributed by atoms with E-state index in [2.05, 4.69) is 15.3 Å². The summed E-state index contributed by atoms with van der Waals surface area (Å²) in [5.41, 5.74) is 1.53. The molecule has 8 heteroatoms. The minimum Gasteiger partial charge on any atom is -0.258 e. The van der Waals surface area contributed by atoms with E-state index >= 15 is 0 Å². The number of aromatic nitrogens is 3. The zero-order chi connectivity index (χ0) is 17.6. The number of hydrogen-bond acceptors (Lipinski definition) is 6. The van der Waals surface area contributed by atoms with Crippen LogP contribution in [-0.2, 0) is 6.42 Å². The van der Waals surface area contributed by atoms with Gasteiger partial charge in [-0.1, -0.05) is 54.2 Å². The van der Waals surface area contributed by atoms with Crippen LogP contribution in [0.15, 0.2) is 64.9 Å². The summed E-state index contributed by atoms with van der Waals surface area (Å²) in [7, 11) is 0. The Morgan fingerprint density at radius 2 is 1.88 bits per heavy atom.